The average Bonchev–Trinajstić information content (AvgIpc) is 2.75. The molecule has 2 N–H and O–H groups in total. The van der Waals surface area contributed by atoms with Crippen LogP contribution in [-0.2, 0) is 0 Å². The predicted molar refractivity (Wildman–Crippen MR) is 64.7 cm³/mol. The third-order valence-corrected chi connectivity index (χ3v) is 2.45. The van der Waals surface area contributed by atoms with Crippen molar-refractivity contribution in [2.75, 3.05) is 0 Å². The van der Waals surface area contributed by atoms with Crippen LogP contribution in [0.25, 0.3) is 11.5 Å². The molecule has 1 atom stereocenters. The number of ketones is 1. The third-order valence-electron chi connectivity index (χ3n) is 2.45. The van der Waals surface area contributed by atoms with E-state index in [9.17, 15) is 4.79 Å². The number of oxazole rings is 1. The summed E-state index contributed by atoms with van der Waals surface area (Å²) in [6, 6.07) is 6.60. The molecule has 0 radical (unpaired) electrons. The van der Waals surface area contributed by atoms with Gasteiger partial charge in [-0.2, -0.15) is 0 Å². The van der Waals surface area contributed by atoms with Crippen LogP contribution in [0.4, 0.5) is 0 Å². The molecule has 4 nitrogen and oxygen atoms in total. The first-order valence-electron chi connectivity index (χ1n) is 5.40. The van der Waals surface area contributed by atoms with E-state index in [-0.39, 0.29) is 5.78 Å². The molecule has 88 valence electrons. The van der Waals surface area contributed by atoms with Crippen molar-refractivity contribution in [2.24, 2.45) is 5.73 Å². The van der Waals surface area contributed by atoms with Gasteiger partial charge in [0, 0.05) is 11.1 Å². The Balaban J connectivity index is 2.27. The molecule has 0 amide bonds. The Morgan fingerprint density at radius 2 is 2.00 bits per heavy atom. The maximum absolute atomic E-state index is 11.6. The normalized spacial score (nSPS) is 12.4. The third kappa shape index (κ3) is 2.42. The number of hydrogen-bond donors (Lipinski definition) is 1. The summed E-state index contributed by atoms with van der Waals surface area (Å²) in [5.74, 6) is 0.488. The Bertz CT molecular complexity index is 527. The maximum atomic E-state index is 11.6. The number of aryl methyl sites for hydroxylation is 1. The van der Waals surface area contributed by atoms with Crippen molar-refractivity contribution in [1.29, 1.82) is 0 Å². The molecule has 2 aromatic rings. The summed E-state index contributed by atoms with van der Waals surface area (Å²) in [6.07, 6.45) is 1.59. The van der Waals surface area contributed by atoms with E-state index in [1.165, 1.54) is 0 Å². The maximum Gasteiger partial charge on any atom is 0.226 e. The Kier molecular flexibility index (Phi) is 3.06. The van der Waals surface area contributed by atoms with Gasteiger partial charge in [-0.05, 0) is 26.0 Å². The Labute approximate surface area is 99.5 Å². The molecule has 17 heavy (non-hydrogen) atoms. The van der Waals surface area contributed by atoms with E-state index >= 15 is 0 Å². The van der Waals surface area contributed by atoms with Gasteiger partial charge in [0.1, 0.15) is 6.26 Å². The molecule has 0 fully saturated rings. The second-order valence-electron chi connectivity index (χ2n) is 4.02. The van der Waals surface area contributed by atoms with E-state index in [1.54, 1.807) is 37.5 Å². The Morgan fingerprint density at radius 3 is 2.47 bits per heavy atom. The molecular formula is C13H14N2O2. The van der Waals surface area contributed by atoms with Crippen molar-refractivity contribution in [3.63, 3.8) is 0 Å². The summed E-state index contributed by atoms with van der Waals surface area (Å²) in [4.78, 5) is 15.8. The van der Waals surface area contributed by atoms with Crippen molar-refractivity contribution in [3.05, 3.63) is 41.8 Å². The molecule has 1 aromatic carbocycles. The number of hydrogen-bond acceptors (Lipinski definition) is 4. The molecular weight excluding hydrogens is 216 g/mol. The van der Waals surface area contributed by atoms with Crippen LogP contribution in [0.2, 0.25) is 0 Å². The summed E-state index contributed by atoms with van der Waals surface area (Å²) in [5, 5.41) is 0. The zero-order valence-electron chi connectivity index (χ0n) is 9.81. The minimum atomic E-state index is -0.482. The van der Waals surface area contributed by atoms with Gasteiger partial charge in [0.05, 0.1) is 11.7 Å². The fourth-order valence-electron chi connectivity index (χ4n) is 1.53. The summed E-state index contributed by atoms with van der Waals surface area (Å²) < 4.78 is 5.28. The van der Waals surface area contributed by atoms with Gasteiger partial charge in [-0.25, -0.2) is 4.98 Å². The van der Waals surface area contributed by atoms with Gasteiger partial charge in [-0.1, -0.05) is 12.1 Å². The van der Waals surface area contributed by atoms with Gasteiger partial charge in [0.25, 0.3) is 0 Å². The van der Waals surface area contributed by atoms with Crippen molar-refractivity contribution >= 4 is 5.78 Å². The van der Waals surface area contributed by atoms with Crippen LogP contribution in [0.1, 0.15) is 23.0 Å². The molecule has 1 unspecified atom stereocenters. The number of carbonyl (C=O) groups excluding carboxylic acids is 1. The van der Waals surface area contributed by atoms with Crippen LogP contribution < -0.4 is 5.73 Å². The van der Waals surface area contributed by atoms with E-state index in [1.807, 2.05) is 6.92 Å². The molecule has 0 aliphatic heterocycles. The van der Waals surface area contributed by atoms with E-state index in [0.29, 0.717) is 11.5 Å². The predicted octanol–water partition coefficient (Wildman–Crippen LogP) is 2.18. The van der Waals surface area contributed by atoms with Gasteiger partial charge in [-0.3, -0.25) is 4.79 Å². The van der Waals surface area contributed by atoms with E-state index in [2.05, 4.69) is 4.98 Å². The number of Topliss-reactive ketones (excluding diaryl/α,β-unsaturated/α-hetero) is 1. The van der Waals surface area contributed by atoms with Crippen molar-refractivity contribution in [2.45, 2.75) is 19.9 Å². The van der Waals surface area contributed by atoms with Crippen LogP contribution in [0.3, 0.4) is 0 Å². The van der Waals surface area contributed by atoms with Crippen LogP contribution in [0.5, 0.6) is 0 Å². The molecule has 0 saturated carbocycles. The highest BCUT2D eigenvalue weighted by Crippen LogP contribution is 2.19. The summed E-state index contributed by atoms with van der Waals surface area (Å²) >= 11 is 0. The number of aromatic nitrogens is 1. The Hall–Kier alpha value is -1.94. The fraction of sp³-hybridized carbons (Fsp3) is 0.231. The van der Waals surface area contributed by atoms with Gasteiger partial charge in [0.2, 0.25) is 5.89 Å². The van der Waals surface area contributed by atoms with E-state index in [4.69, 9.17) is 10.2 Å². The monoisotopic (exact) mass is 230 g/mol. The molecule has 4 heteroatoms. The molecule has 1 aromatic heterocycles. The smallest absolute Gasteiger partial charge is 0.226 e. The number of rotatable bonds is 3. The summed E-state index contributed by atoms with van der Waals surface area (Å²) in [6.45, 7) is 3.54. The van der Waals surface area contributed by atoms with Gasteiger partial charge < -0.3 is 10.2 Å². The lowest BCUT2D eigenvalue weighted by Gasteiger charge is -2.04. The number of nitrogens with two attached hydrogens (primary N) is 1. The van der Waals surface area contributed by atoms with Crippen molar-refractivity contribution in [3.8, 4) is 11.5 Å². The van der Waals surface area contributed by atoms with Crippen LogP contribution >= 0.6 is 0 Å². The second kappa shape index (κ2) is 4.51. The number of carbonyl (C=O) groups is 1. The van der Waals surface area contributed by atoms with Gasteiger partial charge in [0.15, 0.2) is 5.78 Å². The zero-order chi connectivity index (χ0) is 12.4. The molecule has 0 aliphatic rings. The molecule has 0 aliphatic carbocycles. The number of benzene rings is 1. The number of nitrogens with zero attached hydrogens (tertiary/aromatic N) is 1. The van der Waals surface area contributed by atoms with Crippen LogP contribution in [0.15, 0.2) is 34.9 Å². The molecule has 1 heterocycles. The first-order valence-corrected chi connectivity index (χ1v) is 5.40. The molecule has 0 saturated heterocycles. The largest absolute Gasteiger partial charge is 0.444 e. The highest BCUT2D eigenvalue weighted by molar-refractivity contribution is 5.99. The summed E-state index contributed by atoms with van der Waals surface area (Å²) in [7, 11) is 0. The SMILES string of the molecule is Cc1coc(-c2ccc(C(=O)C(C)N)cc2)n1. The first kappa shape index (κ1) is 11.5. The molecule has 2 rings (SSSR count). The zero-order valence-corrected chi connectivity index (χ0v) is 9.81. The van der Waals surface area contributed by atoms with Gasteiger partial charge in [-0.15, -0.1) is 0 Å². The lowest BCUT2D eigenvalue weighted by Crippen LogP contribution is -2.26. The average molecular weight is 230 g/mol. The highest BCUT2D eigenvalue weighted by atomic mass is 16.3. The minimum absolute atomic E-state index is 0.0693. The minimum Gasteiger partial charge on any atom is -0.444 e. The molecule has 0 bridgehead atoms. The van der Waals surface area contributed by atoms with E-state index < -0.39 is 6.04 Å². The summed E-state index contributed by atoms with van der Waals surface area (Å²) in [5.41, 5.74) is 7.82. The van der Waals surface area contributed by atoms with Crippen LogP contribution in [-0.4, -0.2) is 16.8 Å². The van der Waals surface area contributed by atoms with Crippen molar-refractivity contribution < 1.29 is 9.21 Å². The van der Waals surface area contributed by atoms with Crippen LogP contribution in [0, 0.1) is 6.92 Å². The molecule has 0 spiro atoms. The Morgan fingerprint density at radius 1 is 1.35 bits per heavy atom. The lowest BCUT2D eigenvalue weighted by atomic mass is 10.0. The van der Waals surface area contributed by atoms with Gasteiger partial charge >= 0.3 is 0 Å². The second-order valence-corrected chi connectivity index (χ2v) is 4.02. The quantitative estimate of drug-likeness (QED) is 0.820. The first-order chi connectivity index (χ1) is 8.08. The topological polar surface area (TPSA) is 69.1 Å². The lowest BCUT2D eigenvalue weighted by molar-refractivity contribution is 0.0968. The fourth-order valence-corrected chi connectivity index (χ4v) is 1.53. The highest BCUT2D eigenvalue weighted by Gasteiger charge is 2.11. The van der Waals surface area contributed by atoms with Crippen molar-refractivity contribution in [1.82, 2.24) is 4.98 Å². The standard InChI is InChI=1S/C13H14N2O2/c1-8-7-17-13(15-8)11-5-3-10(4-6-11)12(16)9(2)14/h3-7,9H,14H2,1-2H3. The van der Waals surface area contributed by atoms with E-state index in [0.717, 1.165) is 11.3 Å².